The first kappa shape index (κ1) is 20.0. The van der Waals surface area contributed by atoms with Crippen molar-refractivity contribution in [1.29, 1.82) is 0 Å². The molecule has 1 aromatic carbocycles. The first-order valence-corrected chi connectivity index (χ1v) is 9.16. The first-order chi connectivity index (χ1) is 12.3. The minimum atomic E-state index is -0.376. The summed E-state index contributed by atoms with van der Waals surface area (Å²) in [6.45, 7) is 5.82. The Morgan fingerprint density at radius 3 is 2.54 bits per heavy atom. The molecule has 0 saturated carbocycles. The van der Waals surface area contributed by atoms with Crippen molar-refractivity contribution in [2.45, 2.75) is 32.6 Å². The lowest BCUT2D eigenvalue weighted by Gasteiger charge is -2.21. The molecule has 0 aliphatic carbocycles. The number of carbonyl (C=O) groups is 2. The lowest BCUT2D eigenvalue weighted by molar-refractivity contribution is -0.129. The summed E-state index contributed by atoms with van der Waals surface area (Å²) in [7, 11) is 1.71. The van der Waals surface area contributed by atoms with E-state index in [0.29, 0.717) is 18.0 Å². The van der Waals surface area contributed by atoms with Crippen molar-refractivity contribution in [2.24, 2.45) is 0 Å². The molecule has 1 N–H and O–H groups in total. The second kappa shape index (κ2) is 8.84. The maximum absolute atomic E-state index is 12.9. The van der Waals surface area contributed by atoms with Gasteiger partial charge in [0, 0.05) is 18.3 Å². The van der Waals surface area contributed by atoms with Gasteiger partial charge >= 0.3 is 0 Å². The van der Waals surface area contributed by atoms with Crippen molar-refractivity contribution in [3.63, 3.8) is 0 Å². The quantitative estimate of drug-likeness (QED) is 0.800. The van der Waals surface area contributed by atoms with Gasteiger partial charge in [0.25, 0.3) is 0 Å². The lowest BCUT2D eigenvalue weighted by Crippen LogP contribution is -2.33. The van der Waals surface area contributed by atoms with Gasteiger partial charge in [-0.1, -0.05) is 5.16 Å². The number of carbonyl (C=O) groups excluding carboxylic acids is 2. The van der Waals surface area contributed by atoms with Crippen molar-refractivity contribution in [2.75, 3.05) is 18.1 Å². The van der Waals surface area contributed by atoms with E-state index in [0.717, 1.165) is 11.3 Å². The van der Waals surface area contributed by atoms with Crippen LogP contribution in [0.1, 0.15) is 23.9 Å². The molecule has 0 aliphatic rings. The minimum absolute atomic E-state index is 0.0791. The van der Waals surface area contributed by atoms with Crippen LogP contribution in [0.5, 0.6) is 0 Å². The maximum atomic E-state index is 12.9. The molecule has 8 heteroatoms. The largest absolute Gasteiger partial charge is 0.361 e. The van der Waals surface area contributed by atoms with Crippen LogP contribution in [0.4, 0.5) is 10.1 Å². The average Bonchev–Trinajstić information content (AvgIpc) is 2.92. The fraction of sp³-hybridized carbons (Fsp3) is 0.389. The van der Waals surface area contributed by atoms with E-state index in [9.17, 15) is 14.0 Å². The van der Waals surface area contributed by atoms with Crippen molar-refractivity contribution in [3.05, 3.63) is 47.1 Å². The molecule has 0 bridgehead atoms. The number of thioether (sulfide) groups is 1. The van der Waals surface area contributed by atoms with Crippen LogP contribution in [0, 0.1) is 19.7 Å². The molecular weight excluding hydrogens is 357 g/mol. The molecule has 1 aromatic heterocycles. The molecular formula is C18H22FN3O3S. The van der Waals surface area contributed by atoms with E-state index in [1.165, 1.54) is 36.0 Å². The highest BCUT2D eigenvalue weighted by molar-refractivity contribution is 8.01. The summed E-state index contributed by atoms with van der Waals surface area (Å²) in [4.78, 5) is 26.0. The third kappa shape index (κ3) is 5.32. The van der Waals surface area contributed by atoms with Gasteiger partial charge in [-0.3, -0.25) is 9.59 Å². The monoisotopic (exact) mass is 379 g/mol. The molecule has 0 aliphatic heterocycles. The SMILES string of the molecule is Cc1noc(C)c1CN(C)C(=O)C(C)SCC(=O)Nc1ccc(F)cc1. The smallest absolute Gasteiger partial charge is 0.235 e. The van der Waals surface area contributed by atoms with E-state index in [-0.39, 0.29) is 28.6 Å². The Labute approximate surface area is 156 Å². The Morgan fingerprint density at radius 2 is 1.96 bits per heavy atom. The van der Waals surface area contributed by atoms with Gasteiger partial charge in [0.1, 0.15) is 11.6 Å². The van der Waals surface area contributed by atoms with Gasteiger partial charge in [-0.05, 0) is 45.0 Å². The zero-order valence-corrected chi connectivity index (χ0v) is 16.0. The Balaban J connectivity index is 1.82. The van der Waals surface area contributed by atoms with Crippen molar-refractivity contribution < 1.29 is 18.5 Å². The van der Waals surface area contributed by atoms with Gasteiger partial charge < -0.3 is 14.7 Å². The normalized spacial score (nSPS) is 11.9. The van der Waals surface area contributed by atoms with Gasteiger partial charge in [-0.2, -0.15) is 0 Å². The van der Waals surface area contributed by atoms with Gasteiger partial charge in [0.15, 0.2) is 0 Å². The lowest BCUT2D eigenvalue weighted by atomic mass is 10.2. The van der Waals surface area contributed by atoms with Crippen molar-refractivity contribution in [1.82, 2.24) is 10.1 Å². The topological polar surface area (TPSA) is 75.4 Å². The minimum Gasteiger partial charge on any atom is -0.361 e. The Hall–Kier alpha value is -2.35. The molecule has 2 amide bonds. The molecule has 140 valence electrons. The second-order valence-corrected chi connectivity index (χ2v) is 7.33. The number of nitrogens with one attached hydrogen (secondary N) is 1. The number of halogens is 1. The van der Waals surface area contributed by atoms with Crippen molar-refractivity contribution >= 4 is 29.3 Å². The molecule has 2 rings (SSSR count). The number of rotatable bonds is 7. The van der Waals surface area contributed by atoms with Gasteiger partial charge in [0.05, 0.1) is 23.2 Å². The molecule has 0 spiro atoms. The molecule has 6 nitrogen and oxygen atoms in total. The predicted octanol–water partition coefficient (Wildman–Crippen LogP) is 3.15. The third-order valence-electron chi connectivity index (χ3n) is 3.89. The summed E-state index contributed by atoms with van der Waals surface area (Å²) >= 11 is 1.25. The van der Waals surface area contributed by atoms with E-state index < -0.39 is 0 Å². The Kier molecular flexibility index (Phi) is 6.79. The molecule has 0 fully saturated rings. The van der Waals surface area contributed by atoms with Crippen LogP contribution in [0.15, 0.2) is 28.8 Å². The Morgan fingerprint density at radius 1 is 1.31 bits per heavy atom. The summed E-state index contributed by atoms with van der Waals surface area (Å²) in [6, 6.07) is 5.53. The predicted molar refractivity (Wildman–Crippen MR) is 99.4 cm³/mol. The number of nitrogens with zero attached hydrogens (tertiary/aromatic N) is 2. The van der Waals surface area contributed by atoms with Crippen LogP contribution in [0.25, 0.3) is 0 Å². The maximum Gasteiger partial charge on any atom is 0.235 e. The number of hydrogen-bond acceptors (Lipinski definition) is 5. The standard InChI is InChI=1S/C18H22FN3O3S/c1-11-16(12(2)25-21-11)9-22(4)18(24)13(3)26-10-17(23)20-15-7-5-14(19)6-8-15/h5-8,13H,9-10H2,1-4H3,(H,20,23). The zero-order chi connectivity index (χ0) is 19.3. The van der Waals surface area contributed by atoms with Crippen LogP contribution >= 0.6 is 11.8 Å². The van der Waals surface area contributed by atoms with Crippen LogP contribution in [-0.4, -0.2) is 39.9 Å². The number of aryl methyl sites for hydroxylation is 2. The van der Waals surface area contributed by atoms with E-state index in [4.69, 9.17) is 4.52 Å². The number of anilines is 1. The summed E-state index contributed by atoms with van der Waals surface area (Å²) in [5.41, 5.74) is 2.18. The van der Waals surface area contributed by atoms with E-state index in [2.05, 4.69) is 10.5 Å². The molecule has 1 heterocycles. The van der Waals surface area contributed by atoms with Crippen LogP contribution in [0.3, 0.4) is 0 Å². The molecule has 1 atom stereocenters. The number of aromatic nitrogens is 1. The number of hydrogen-bond donors (Lipinski definition) is 1. The fourth-order valence-electron chi connectivity index (χ4n) is 2.36. The summed E-state index contributed by atoms with van der Waals surface area (Å²) < 4.78 is 18.0. The highest BCUT2D eigenvalue weighted by Crippen LogP contribution is 2.18. The van der Waals surface area contributed by atoms with Crippen LogP contribution in [-0.2, 0) is 16.1 Å². The Bertz CT molecular complexity index is 757. The van der Waals surface area contributed by atoms with E-state index in [1.807, 2.05) is 13.8 Å². The first-order valence-electron chi connectivity index (χ1n) is 8.11. The average molecular weight is 379 g/mol. The summed E-state index contributed by atoms with van der Waals surface area (Å²) in [5, 5.41) is 6.18. The summed E-state index contributed by atoms with van der Waals surface area (Å²) in [6.07, 6.45) is 0. The van der Waals surface area contributed by atoms with E-state index in [1.54, 1.807) is 18.9 Å². The number of benzene rings is 1. The molecule has 26 heavy (non-hydrogen) atoms. The highest BCUT2D eigenvalue weighted by atomic mass is 32.2. The van der Waals surface area contributed by atoms with Gasteiger partial charge in [-0.15, -0.1) is 11.8 Å². The molecule has 0 saturated heterocycles. The van der Waals surface area contributed by atoms with Gasteiger partial charge in [-0.25, -0.2) is 4.39 Å². The third-order valence-corrected chi connectivity index (χ3v) is 5.02. The molecule has 1 unspecified atom stereocenters. The highest BCUT2D eigenvalue weighted by Gasteiger charge is 2.21. The van der Waals surface area contributed by atoms with E-state index >= 15 is 0 Å². The van der Waals surface area contributed by atoms with Crippen LogP contribution in [0.2, 0.25) is 0 Å². The van der Waals surface area contributed by atoms with Crippen molar-refractivity contribution in [3.8, 4) is 0 Å². The zero-order valence-electron chi connectivity index (χ0n) is 15.2. The molecule has 0 radical (unpaired) electrons. The fourth-order valence-corrected chi connectivity index (χ4v) is 3.15. The molecule has 2 aromatic rings. The summed E-state index contributed by atoms with van der Waals surface area (Å²) in [5.74, 6) is 0.141. The van der Waals surface area contributed by atoms with Crippen LogP contribution < -0.4 is 5.32 Å². The second-order valence-electron chi connectivity index (χ2n) is 6.01. The number of amides is 2. The van der Waals surface area contributed by atoms with Gasteiger partial charge in [0.2, 0.25) is 11.8 Å².